The quantitative estimate of drug-likeness (QED) is 0.387. The summed E-state index contributed by atoms with van der Waals surface area (Å²) in [5, 5.41) is 0.597. The Hall–Kier alpha value is -2.52. The van der Waals surface area contributed by atoms with Crippen molar-refractivity contribution in [3.8, 4) is 11.5 Å². The third kappa shape index (κ3) is 5.27. The minimum Gasteiger partial charge on any atom is -0.493 e. The number of benzene rings is 1. The maximum Gasteiger partial charge on any atom is 0.338 e. The Kier molecular flexibility index (Phi) is 8.58. The van der Waals surface area contributed by atoms with Crippen molar-refractivity contribution in [2.75, 3.05) is 39.8 Å². The van der Waals surface area contributed by atoms with E-state index in [9.17, 15) is 9.59 Å². The summed E-state index contributed by atoms with van der Waals surface area (Å²) in [4.78, 5) is 32.1. The van der Waals surface area contributed by atoms with Gasteiger partial charge in [0.2, 0.25) is 5.91 Å². The topological polar surface area (TPSA) is 86.7 Å². The van der Waals surface area contributed by atoms with Gasteiger partial charge >= 0.3 is 5.97 Å². The molecule has 2 aliphatic rings. The van der Waals surface area contributed by atoms with Crippen LogP contribution in [0, 0.1) is 0 Å². The monoisotopic (exact) mass is 462 g/mol. The van der Waals surface area contributed by atoms with Crippen LogP contribution in [-0.2, 0) is 19.1 Å². The predicted molar refractivity (Wildman–Crippen MR) is 123 cm³/mol. The highest BCUT2D eigenvalue weighted by atomic mass is 32.2. The van der Waals surface area contributed by atoms with Gasteiger partial charge in [-0.25, -0.2) is 9.79 Å². The number of hydrogen-bond acceptors (Lipinski definition) is 8. The fraction of sp³-hybridized carbons (Fsp3) is 0.522. The Morgan fingerprint density at radius 3 is 2.75 bits per heavy atom. The Morgan fingerprint density at radius 1 is 1.22 bits per heavy atom. The zero-order valence-corrected chi connectivity index (χ0v) is 19.8. The van der Waals surface area contributed by atoms with Gasteiger partial charge in [-0.3, -0.25) is 9.69 Å². The highest BCUT2D eigenvalue weighted by Gasteiger charge is 2.42. The summed E-state index contributed by atoms with van der Waals surface area (Å²) in [7, 11) is 3.11. The van der Waals surface area contributed by atoms with E-state index in [1.165, 1.54) is 11.8 Å². The van der Waals surface area contributed by atoms with Gasteiger partial charge in [0.25, 0.3) is 0 Å². The summed E-state index contributed by atoms with van der Waals surface area (Å²) in [6.45, 7) is 4.85. The molecule has 2 heterocycles. The molecule has 2 aliphatic heterocycles. The first kappa shape index (κ1) is 24.1. The number of nitrogens with zero attached hydrogens (tertiary/aromatic N) is 2. The van der Waals surface area contributed by atoms with E-state index in [-0.39, 0.29) is 19.1 Å². The Labute approximate surface area is 192 Å². The number of carbonyl (C=O) groups excluding carboxylic acids is 2. The van der Waals surface area contributed by atoms with Crippen molar-refractivity contribution >= 4 is 28.8 Å². The Balaban J connectivity index is 2.01. The molecule has 1 aromatic carbocycles. The number of methoxy groups -OCH3 is 2. The summed E-state index contributed by atoms with van der Waals surface area (Å²) >= 11 is 1.51. The molecule has 0 bridgehead atoms. The largest absolute Gasteiger partial charge is 0.493 e. The highest BCUT2D eigenvalue weighted by molar-refractivity contribution is 8.14. The van der Waals surface area contributed by atoms with Crippen LogP contribution in [0.4, 0.5) is 0 Å². The van der Waals surface area contributed by atoms with E-state index in [4.69, 9.17) is 18.9 Å². The third-order valence-corrected chi connectivity index (χ3v) is 6.16. The molecule has 1 saturated heterocycles. The van der Waals surface area contributed by atoms with Crippen molar-refractivity contribution in [2.45, 2.75) is 39.2 Å². The molecular formula is C23H30N2O6S. The van der Waals surface area contributed by atoms with Gasteiger partial charge in [-0.05, 0) is 31.0 Å². The lowest BCUT2D eigenvalue weighted by atomic mass is 9.94. The van der Waals surface area contributed by atoms with Crippen LogP contribution in [0.2, 0.25) is 0 Å². The molecule has 0 N–H and O–H groups in total. The zero-order valence-electron chi connectivity index (χ0n) is 19.0. The number of amidine groups is 1. The second kappa shape index (κ2) is 11.4. The fourth-order valence-corrected chi connectivity index (χ4v) is 4.58. The molecular weight excluding hydrogens is 432 g/mol. The van der Waals surface area contributed by atoms with E-state index in [0.717, 1.165) is 18.4 Å². The van der Waals surface area contributed by atoms with E-state index < -0.39 is 12.0 Å². The lowest BCUT2D eigenvalue weighted by Gasteiger charge is -2.39. The van der Waals surface area contributed by atoms with Crippen molar-refractivity contribution < 1.29 is 28.5 Å². The SMILES string of the molecule is CCCCOc1ccc([C@@H]2C(C(=O)OCCOC)=C(C)N=C3SCCC(=O)N32)cc1OC. The van der Waals surface area contributed by atoms with Crippen LogP contribution in [-0.4, -0.2) is 61.7 Å². The number of ether oxygens (including phenoxy) is 4. The first-order valence-electron chi connectivity index (χ1n) is 10.7. The van der Waals surface area contributed by atoms with Gasteiger partial charge in [0.05, 0.1) is 37.6 Å². The Bertz CT molecular complexity index is 914. The van der Waals surface area contributed by atoms with Crippen LogP contribution in [0.3, 0.4) is 0 Å². The van der Waals surface area contributed by atoms with E-state index in [2.05, 4.69) is 11.9 Å². The summed E-state index contributed by atoms with van der Waals surface area (Å²) in [5.41, 5.74) is 1.60. The summed E-state index contributed by atoms with van der Waals surface area (Å²) in [6, 6.07) is 4.84. The number of esters is 1. The molecule has 0 saturated carbocycles. The highest BCUT2D eigenvalue weighted by Crippen LogP contribution is 2.42. The molecule has 0 unspecified atom stereocenters. The molecule has 9 heteroatoms. The minimum absolute atomic E-state index is 0.0792. The summed E-state index contributed by atoms with van der Waals surface area (Å²) in [5.74, 6) is 1.24. The minimum atomic E-state index is -0.656. The molecule has 0 radical (unpaired) electrons. The van der Waals surface area contributed by atoms with Crippen molar-refractivity contribution in [1.82, 2.24) is 4.90 Å². The number of thioether (sulfide) groups is 1. The zero-order chi connectivity index (χ0) is 23.1. The van der Waals surface area contributed by atoms with Crippen LogP contribution >= 0.6 is 11.8 Å². The lowest BCUT2D eigenvalue weighted by Crippen LogP contribution is -2.45. The first-order valence-corrected chi connectivity index (χ1v) is 11.7. The third-order valence-electron chi connectivity index (χ3n) is 5.21. The number of rotatable bonds is 10. The summed E-state index contributed by atoms with van der Waals surface area (Å²) in [6.07, 6.45) is 2.34. The number of aliphatic imine (C=N–C) groups is 1. The van der Waals surface area contributed by atoms with Gasteiger partial charge in [0.15, 0.2) is 16.7 Å². The van der Waals surface area contributed by atoms with Crippen LogP contribution in [0.15, 0.2) is 34.5 Å². The number of hydrogen-bond donors (Lipinski definition) is 0. The van der Waals surface area contributed by atoms with Crippen molar-refractivity contribution in [1.29, 1.82) is 0 Å². The second-order valence-corrected chi connectivity index (χ2v) is 8.46. The molecule has 1 aromatic rings. The van der Waals surface area contributed by atoms with Crippen molar-refractivity contribution in [3.63, 3.8) is 0 Å². The summed E-state index contributed by atoms with van der Waals surface area (Å²) < 4.78 is 21.8. The number of carbonyl (C=O) groups is 2. The van der Waals surface area contributed by atoms with Gasteiger partial charge in [-0.15, -0.1) is 0 Å². The van der Waals surface area contributed by atoms with Crippen LogP contribution in [0.1, 0.15) is 44.7 Å². The van der Waals surface area contributed by atoms with E-state index in [1.54, 1.807) is 26.0 Å². The van der Waals surface area contributed by atoms with Crippen LogP contribution in [0.25, 0.3) is 0 Å². The maximum atomic E-state index is 13.0. The average Bonchev–Trinajstić information content (AvgIpc) is 2.78. The number of amides is 1. The molecule has 1 amide bonds. The smallest absolute Gasteiger partial charge is 0.338 e. The number of fused-ring (bicyclic) bond motifs is 1. The first-order chi connectivity index (χ1) is 15.5. The van der Waals surface area contributed by atoms with Gasteiger partial charge in [-0.2, -0.15) is 0 Å². The second-order valence-electron chi connectivity index (χ2n) is 7.40. The van der Waals surface area contributed by atoms with Gasteiger partial charge in [0.1, 0.15) is 6.61 Å². The predicted octanol–water partition coefficient (Wildman–Crippen LogP) is 3.71. The van der Waals surface area contributed by atoms with Gasteiger partial charge in [-0.1, -0.05) is 31.2 Å². The van der Waals surface area contributed by atoms with Crippen molar-refractivity contribution in [2.24, 2.45) is 4.99 Å². The van der Waals surface area contributed by atoms with E-state index in [1.807, 2.05) is 18.2 Å². The molecule has 0 spiro atoms. The number of unbranched alkanes of at least 4 members (excludes halogenated alkanes) is 1. The molecule has 3 rings (SSSR count). The molecule has 1 fully saturated rings. The molecule has 1 atom stereocenters. The van der Waals surface area contributed by atoms with Crippen LogP contribution < -0.4 is 9.47 Å². The van der Waals surface area contributed by atoms with Gasteiger partial charge in [0, 0.05) is 19.3 Å². The maximum absolute atomic E-state index is 13.0. The lowest BCUT2D eigenvalue weighted by molar-refractivity contribution is -0.141. The number of allylic oxidation sites excluding steroid dienone is 1. The Morgan fingerprint density at radius 2 is 2.03 bits per heavy atom. The molecule has 174 valence electrons. The van der Waals surface area contributed by atoms with E-state index in [0.29, 0.717) is 46.7 Å². The normalized spacial score (nSPS) is 18.2. The molecule has 0 aromatic heterocycles. The fourth-order valence-electron chi connectivity index (χ4n) is 3.57. The average molecular weight is 463 g/mol. The van der Waals surface area contributed by atoms with Crippen LogP contribution in [0.5, 0.6) is 11.5 Å². The van der Waals surface area contributed by atoms with Crippen molar-refractivity contribution in [3.05, 3.63) is 35.0 Å². The standard InChI is InChI=1S/C23H30N2O6S/c1-5-6-10-30-17-8-7-16(14-18(17)29-4)21-20(22(27)31-12-11-28-3)15(2)24-23-25(21)19(26)9-13-32-23/h7-8,14,21H,5-6,9-13H2,1-4H3/t21-/m1/s1. The molecule has 0 aliphatic carbocycles. The molecule has 8 nitrogen and oxygen atoms in total. The molecule has 32 heavy (non-hydrogen) atoms. The van der Waals surface area contributed by atoms with Gasteiger partial charge < -0.3 is 18.9 Å². The van der Waals surface area contributed by atoms with E-state index >= 15 is 0 Å².